The van der Waals surface area contributed by atoms with Gasteiger partial charge in [0.25, 0.3) is 0 Å². The predicted octanol–water partition coefficient (Wildman–Crippen LogP) is 3.00. The van der Waals surface area contributed by atoms with Crippen LogP contribution in [-0.4, -0.2) is 43.8 Å². The van der Waals surface area contributed by atoms with Crippen LogP contribution in [0.4, 0.5) is 0 Å². The Labute approximate surface area is 163 Å². The number of halogens is 1. The lowest BCUT2D eigenvalue weighted by Crippen LogP contribution is -2.38. The molecule has 1 aromatic heterocycles. The maximum atomic E-state index is 5.49. The second-order valence-electron chi connectivity index (χ2n) is 6.14. The molecule has 24 heavy (non-hydrogen) atoms. The molecular weight excluding hydrogens is 415 g/mol. The van der Waals surface area contributed by atoms with Gasteiger partial charge in [-0.1, -0.05) is 6.07 Å². The van der Waals surface area contributed by atoms with E-state index in [0.717, 1.165) is 57.3 Å². The van der Waals surface area contributed by atoms with Crippen LogP contribution < -0.4 is 10.6 Å². The number of nitrogens with one attached hydrogen (secondary N) is 2. The van der Waals surface area contributed by atoms with E-state index in [-0.39, 0.29) is 24.0 Å². The number of rotatable bonds is 10. The van der Waals surface area contributed by atoms with E-state index in [9.17, 15) is 0 Å². The summed E-state index contributed by atoms with van der Waals surface area (Å²) in [6.45, 7) is 8.41. The summed E-state index contributed by atoms with van der Waals surface area (Å²) in [5.41, 5.74) is 1.49. The van der Waals surface area contributed by atoms with E-state index >= 15 is 0 Å². The molecule has 2 N–H and O–H groups in total. The van der Waals surface area contributed by atoms with E-state index in [1.54, 1.807) is 0 Å². The van der Waals surface area contributed by atoms with E-state index in [4.69, 9.17) is 9.73 Å². The second-order valence-corrected chi connectivity index (χ2v) is 6.14. The van der Waals surface area contributed by atoms with Crippen LogP contribution in [0.5, 0.6) is 0 Å². The summed E-state index contributed by atoms with van der Waals surface area (Å²) in [6, 6.07) is 6.02. The number of ether oxygens (including phenoxy) is 1. The second kappa shape index (κ2) is 11.6. The minimum Gasteiger partial charge on any atom is -0.382 e. The first-order valence-corrected chi connectivity index (χ1v) is 8.78. The number of aromatic nitrogens is 1. The number of guanidine groups is 1. The van der Waals surface area contributed by atoms with Crippen LogP contribution in [-0.2, 0) is 11.2 Å². The number of nitrogens with zero attached hydrogens (tertiary/aromatic N) is 2. The SMILES string of the molecule is CCNC(=NCC1(CCOCC)CC1)NCCc1ccccn1.I. The predicted molar refractivity (Wildman–Crippen MR) is 110 cm³/mol. The van der Waals surface area contributed by atoms with Gasteiger partial charge in [0, 0.05) is 51.2 Å². The summed E-state index contributed by atoms with van der Waals surface area (Å²) < 4.78 is 5.49. The number of aliphatic imine (C=N–C) groups is 1. The molecule has 1 saturated carbocycles. The molecule has 0 radical (unpaired) electrons. The molecule has 1 heterocycles. The third-order valence-electron chi connectivity index (χ3n) is 4.25. The Kier molecular flexibility index (Phi) is 10.2. The van der Waals surface area contributed by atoms with Gasteiger partial charge >= 0.3 is 0 Å². The lowest BCUT2D eigenvalue weighted by molar-refractivity contribution is 0.129. The number of pyridine rings is 1. The van der Waals surface area contributed by atoms with Crippen LogP contribution in [0.15, 0.2) is 29.4 Å². The fraction of sp³-hybridized carbons (Fsp3) is 0.667. The van der Waals surface area contributed by atoms with E-state index in [1.807, 2.05) is 25.3 Å². The van der Waals surface area contributed by atoms with Crippen molar-refractivity contribution in [3.05, 3.63) is 30.1 Å². The average Bonchev–Trinajstić information content (AvgIpc) is 3.34. The van der Waals surface area contributed by atoms with E-state index in [2.05, 4.69) is 28.6 Å². The van der Waals surface area contributed by atoms with Crippen LogP contribution in [0.2, 0.25) is 0 Å². The highest BCUT2D eigenvalue weighted by Gasteiger charge is 2.41. The molecule has 6 heteroatoms. The van der Waals surface area contributed by atoms with Gasteiger partial charge in [-0.25, -0.2) is 0 Å². The Morgan fingerprint density at radius 1 is 1.29 bits per heavy atom. The molecule has 0 atom stereocenters. The van der Waals surface area contributed by atoms with Gasteiger partial charge in [-0.2, -0.15) is 0 Å². The van der Waals surface area contributed by atoms with Crippen molar-refractivity contribution in [1.29, 1.82) is 0 Å². The van der Waals surface area contributed by atoms with Crippen LogP contribution in [0.1, 0.15) is 38.8 Å². The highest BCUT2D eigenvalue weighted by atomic mass is 127. The van der Waals surface area contributed by atoms with Crippen molar-refractivity contribution in [3.63, 3.8) is 0 Å². The number of hydrogen-bond donors (Lipinski definition) is 2. The summed E-state index contributed by atoms with van der Waals surface area (Å²) in [4.78, 5) is 9.12. The van der Waals surface area contributed by atoms with E-state index in [0.29, 0.717) is 5.41 Å². The molecule has 1 fully saturated rings. The van der Waals surface area contributed by atoms with Gasteiger partial charge in [-0.05, 0) is 50.7 Å². The van der Waals surface area contributed by atoms with Gasteiger partial charge in [0.2, 0.25) is 0 Å². The first kappa shape index (κ1) is 21.2. The number of hydrogen-bond acceptors (Lipinski definition) is 3. The average molecular weight is 446 g/mol. The van der Waals surface area contributed by atoms with Crippen molar-refractivity contribution in [2.45, 2.75) is 39.5 Å². The molecule has 1 aliphatic rings. The molecule has 0 aromatic carbocycles. The van der Waals surface area contributed by atoms with Crippen molar-refractivity contribution < 1.29 is 4.74 Å². The van der Waals surface area contributed by atoms with Gasteiger partial charge in [0.1, 0.15) is 0 Å². The van der Waals surface area contributed by atoms with Gasteiger partial charge in [0.05, 0.1) is 0 Å². The quantitative estimate of drug-likeness (QED) is 0.251. The fourth-order valence-electron chi connectivity index (χ4n) is 2.54. The molecule has 0 aliphatic heterocycles. The topological polar surface area (TPSA) is 58.5 Å². The Hall–Kier alpha value is -0.890. The van der Waals surface area contributed by atoms with Crippen LogP contribution in [0.25, 0.3) is 0 Å². The first-order chi connectivity index (χ1) is 11.3. The maximum absolute atomic E-state index is 5.49. The van der Waals surface area contributed by atoms with Crippen LogP contribution in [0, 0.1) is 5.41 Å². The summed E-state index contributed by atoms with van der Waals surface area (Å²) in [7, 11) is 0. The van der Waals surface area contributed by atoms with Gasteiger partial charge in [0.15, 0.2) is 5.96 Å². The lowest BCUT2D eigenvalue weighted by atomic mass is 10.0. The maximum Gasteiger partial charge on any atom is 0.191 e. The van der Waals surface area contributed by atoms with Gasteiger partial charge in [-0.3, -0.25) is 9.98 Å². The van der Waals surface area contributed by atoms with Gasteiger partial charge < -0.3 is 15.4 Å². The fourth-order valence-corrected chi connectivity index (χ4v) is 2.54. The van der Waals surface area contributed by atoms with Crippen molar-refractivity contribution in [2.24, 2.45) is 10.4 Å². The molecular formula is C18H31IN4O. The van der Waals surface area contributed by atoms with Crippen molar-refractivity contribution in [1.82, 2.24) is 15.6 Å². The zero-order valence-electron chi connectivity index (χ0n) is 14.9. The Bertz CT molecular complexity index is 477. The zero-order valence-corrected chi connectivity index (χ0v) is 17.2. The Morgan fingerprint density at radius 3 is 2.75 bits per heavy atom. The molecule has 1 aromatic rings. The van der Waals surface area contributed by atoms with Gasteiger partial charge in [-0.15, -0.1) is 24.0 Å². The molecule has 136 valence electrons. The van der Waals surface area contributed by atoms with E-state index < -0.39 is 0 Å². The van der Waals surface area contributed by atoms with Crippen LogP contribution in [0.3, 0.4) is 0 Å². The lowest BCUT2D eigenvalue weighted by Gasteiger charge is -2.15. The molecule has 0 amide bonds. The van der Waals surface area contributed by atoms with Crippen molar-refractivity contribution in [3.8, 4) is 0 Å². The summed E-state index contributed by atoms with van der Waals surface area (Å²) in [5.74, 6) is 0.908. The summed E-state index contributed by atoms with van der Waals surface area (Å²) in [6.07, 6.45) is 6.41. The molecule has 5 nitrogen and oxygen atoms in total. The van der Waals surface area contributed by atoms with Crippen molar-refractivity contribution >= 4 is 29.9 Å². The third-order valence-corrected chi connectivity index (χ3v) is 4.25. The molecule has 0 unspecified atom stereocenters. The minimum atomic E-state index is 0. The van der Waals surface area contributed by atoms with Crippen LogP contribution >= 0.6 is 24.0 Å². The summed E-state index contributed by atoms with van der Waals surface area (Å²) in [5, 5.41) is 6.73. The Balaban J connectivity index is 0.00000288. The Morgan fingerprint density at radius 2 is 2.12 bits per heavy atom. The monoisotopic (exact) mass is 446 g/mol. The molecule has 0 saturated heterocycles. The van der Waals surface area contributed by atoms with Crippen molar-refractivity contribution in [2.75, 3.05) is 32.8 Å². The smallest absolute Gasteiger partial charge is 0.191 e. The first-order valence-electron chi connectivity index (χ1n) is 8.78. The highest BCUT2D eigenvalue weighted by Crippen LogP contribution is 2.48. The standard InChI is InChI=1S/C18H30N4O.HI/c1-3-19-17(21-13-8-16-7-5-6-12-20-16)22-15-18(9-10-18)11-14-23-4-2;/h5-7,12H,3-4,8-11,13-15H2,1-2H3,(H2,19,21,22);1H. The minimum absolute atomic E-state index is 0. The normalized spacial score (nSPS) is 15.5. The zero-order chi connectivity index (χ0) is 16.4. The molecule has 0 bridgehead atoms. The molecule has 2 rings (SSSR count). The molecule has 1 aliphatic carbocycles. The highest BCUT2D eigenvalue weighted by molar-refractivity contribution is 14.0. The molecule has 0 spiro atoms. The summed E-state index contributed by atoms with van der Waals surface area (Å²) >= 11 is 0. The van der Waals surface area contributed by atoms with E-state index in [1.165, 1.54) is 12.8 Å². The largest absolute Gasteiger partial charge is 0.382 e. The third kappa shape index (κ3) is 7.79.